The van der Waals surface area contributed by atoms with Gasteiger partial charge in [-0.25, -0.2) is 0 Å². The van der Waals surface area contributed by atoms with E-state index in [1.807, 2.05) is 6.92 Å². The van der Waals surface area contributed by atoms with Crippen LogP contribution in [0.3, 0.4) is 0 Å². The van der Waals surface area contributed by atoms with Crippen LogP contribution in [-0.2, 0) is 9.53 Å². The fourth-order valence-electron chi connectivity index (χ4n) is 2.42. The van der Waals surface area contributed by atoms with Crippen LogP contribution in [0.15, 0.2) is 0 Å². The molecule has 0 aliphatic rings. The van der Waals surface area contributed by atoms with E-state index in [-0.39, 0.29) is 11.9 Å². The zero-order valence-corrected chi connectivity index (χ0v) is 13.2. The average Bonchev–Trinajstić information content (AvgIpc) is 2.35. The standard InChI is InChI=1S/C16H32O3/c1-5-8-10-11-13-16(4,18)14(12-9-6-2)15(17)19-7-3/h14,18H,5-13H2,1-4H3. The average molecular weight is 272 g/mol. The minimum absolute atomic E-state index is 0.239. The van der Waals surface area contributed by atoms with E-state index in [0.717, 1.165) is 32.1 Å². The fourth-order valence-corrected chi connectivity index (χ4v) is 2.42. The van der Waals surface area contributed by atoms with Gasteiger partial charge in [-0.05, 0) is 26.7 Å². The van der Waals surface area contributed by atoms with Crippen LogP contribution >= 0.6 is 0 Å². The normalized spacial score (nSPS) is 15.8. The van der Waals surface area contributed by atoms with Gasteiger partial charge in [0.05, 0.1) is 18.1 Å². The fraction of sp³-hybridized carbons (Fsp3) is 0.938. The summed E-state index contributed by atoms with van der Waals surface area (Å²) in [6.07, 6.45) is 7.85. The predicted octanol–water partition coefficient (Wildman–Crippen LogP) is 4.08. The van der Waals surface area contributed by atoms with E-state index in [1.54, 1.807) is 6.92 Å². The molecule has 0 radical (unpaired) electrons. The summed E-state index contributed by atoms with van der Waals surface area (Å²) in [5.74, 6) is -0.620. The van der Waals surface area contributed by atoms with E-state index in [9.17, 15) is 9.90 Å². The predicted molar refractivity (Wildman–Crippen MR) is 79.0 cm³/mol. The molecule has 114 valence electrons. The topological polar surface area (TPSA) is 46.5 Å². The van der Waals surface area contributed by atoms with Crippen molar-refractivity contribution in [1.29, 1.82) is 0 Å². The maximum absolute atomic E-state index is 12.0. The van der Waals surface area contributed by atoms with Crippen LogP contribution in [0, 0.1) is 5.92 Å². The van der Waals surface area contributed by atoms with Crippen molar-refractivity contribution in [2.24, 2.45) is 5.92 Å². The van der Waals surface area contributed by atoms with Crippen LogP contribution < -0.4 is 0 Å². The van der Waals surface area contributed by atoms with Crippen molar-refractivity contribution in [3.05, 3.63) is 0 Å². The first kappa shape index (κ1) is 18.4. The van der Waals surface area contributed by atoms with Crippen molar-refractivity contribution in [3.63, 3.8) is 0 Å². The Morgan fingerprint density at radius 3 is 2.26 bits per heavy atom. The van der Waals surface area contributed by atoms with Crippen molar-refractivity contribution in [1.82, 2.24) is 0 Å². The molecule has 3 nitrogen and oxygen atoms in total. The van der Waals surface area contributed by atoms with E-state index in [2.05, 4.69) is 13.8 Å². The summed E-state index contributed by atoms with van der Waals surface area (Å²) in [4.78, 5) is 12.0. The minimum Gasteiger partial charge on any atom is -0.466 e. The number of esters is 1. The summed E-state index contributed by atoms with van der Waals surface area (Å²) in [7, 11) is 0. The highest BCUT2D eigenvalue weighted by atomic mass is 16.5. The van der Waals surface area contributed by atoms with Gasteiger partial charge in [0.15, 0.2) is 0 Å². The number of rotatable bonds is 11. The Morgan fingerprint density at radius 1 is 1.11 bits per heavy atom. The first-order valence-corrected chi connectivity index (χ1v) is 7.88. The molecule has 3 heteroatoms. The molecular formula is C16H32O3. The molecule has 0 bridgehead atoms. The molecule has 0 aromatic heterocycles. The van der Waals surface area contributed by atoms with E-state index in [4.69, 9.17) is 4.74 Å². The van der Waals surface area contributed by atoms with Gasteiger partial charge in [-0.3, -0.25) is 4.79 Å². The summed E-state index contributed by atoms with van der Waals surface area (Å²) in [6.45, 7) is 8.24. The summed E-state index contributed by atoms with van der Waals surface area (Å²) in [5.41, 5.74) is -0.935. The lowest BCUT2D eigenvalue weighted by atomic mass is 9.81. The molecule has 0 heterocycles. The van der Waals surface area contributed by atoms with Gasteiger partial charge in [0.25, 0.3) is 0 Å². The molecular weight excluding hydrogens is 240 g/mol. The maximum Gasteiger partial charge on any atom is 0.311 e. The Morgan fingerprint density at radius 2 is 1.74 bits per heavy atom. The SMILES string of the molecule is CCCCCCC(C)(O)C(CCCC)C(=O)OCC. The van der Waals surface area contributed by atoms with Crippen molar-refractivity contribution in [2.75, 3.05) is 6.61 Å². The molecule has 2 unspecified atom stereocenters. The zero-order valence-electron chi connectivity index (χ0n) is 13.2. The smallest absolute Gasteiger partial charge is 0.311 e. The molecule has 0 aliphatic heterocycles. The van der Waals surface area contributed by atoms with Gasteiger partial charge in [0.2, 0.25) is 0 Å². The lowest BCUT2D eigenvalue weighted by Crippen LogP contribution is -2.40. The van der Waals surface area contributed by atoms with Crippen LogP contribution in [0.4, 0.5) is 0 Å². The summed E-state index contributed by atoms with van der Waals surface area (Å²) in [5, 5.41) is 10.6. The Kier molecular flexibility index (Phi) is 9.94. The Balaban J connectivity index is 4.46. The van der Waals surface area contributed by atoms with Crippen LogP contribution in [0.1, 0.15) is 79.1 Å². The van der Waals surface area contributed by atoms with Crippen LogP contribution in [0.25, 0.3) is 0 Å². The van der Waals surface area contributed by atoms with E-state index in [0.29, 0.717) is 13.0 Å². The molecule has 0 aromatic rings. The molecule has 0 saturated carbocycles. The second-order valence-corrected chi connectivity index (χ2v) is 5.61. The molecule has 0 aromatic carbocycles. The highest BCUT2D eigenvalue weighted by Crippen LogP contribution is 2.29. The lowest BCUT2D eigenvalue weighted by molar-refractivity contribution is -0.158. The number of aliphatic hydroxyl groups is 1. The molecule has 0 spiro atoms. The number of carbonyl (C=O) groups is 1. The molecule has 1 N–H and O–H groups in total. The van der Waals surface area contributed by atoms with Crippen molar-refractivity contribution in [3.8, 4) is 0 Å². The minimum atomic E-state index is -0.935. The number of unbranched alkanes of at least 4 members (excludes halogenated alkanes) is 4. The number of carbonyl (C=O) groups excluding carboxylic acids is 1. The Labute approximate surface area is 118 Å². The number of hydrogen-bond acceptors (Lipinski definition) is 3. The highest BCUT2D eigenvalue weighted by Gasteiger charge is 2.37. The van der Waals surface area contributed by atoms with E-state index >= 15 is 0 Å². The van der Waals surface area contributed by atoms with E-state index in [1.165, 1.54) is 12.8 Å². The van der Waals surface area contributed by atoms with Gasteiger partial charge in [-0.2, -0.15) is 0 Å². The zero-order chi connectivity index (χ0) is 14.7. The van der Waals surface area contributed by atoms with Crippen LogP contribution in [-0.4, -0.2) is 23.3 Å². The first-order valence-electron chi connectivity index (χ1n) is 7.88. The number of ether oxygens (including phenoxy) is 1. The van der Waals surface area contributed by atoms with Crippen LogP contribution in [0.2, 0.25) is 0 Å². The third-order valence-electron chi connectivity index (χ3n) is 3.70. The third kappa shape index (κ3) is 7.56. The van der Waals surface area contributed by atoms with Crippen LogP contribution in [0.5, 0.6) is 0 Å². The number of hydrogen-bond donors (Lipinski definition) is 1. The summed E-state index contributed by atoms with van der Waals surface area (Å²) in [6, 6.07) is 0. The van der Waals surface area contributed by atoms with Gasteiger partial charge in [-0.1, -0.05) is 52.4 Å². The van der Waals surface area contributed by atoms with Gasteiger partial charge < -0.3 is 9.84 Å². The monoisotopic (exact) mass is 272 g/mol. The molecule has 2 atom stereocenters. The molecule has 0 saturated heterocycles. The summed E-state index contributed by atoms with van der Waals surface area (Å²) >= 11 is 0. The summed E-state index contributed by atoms with van der Waals surface area (Å²) < 4.78 is 5.12. The van der Waals surface area contributed by atoms with Gasteiger partial charge in [-0.15, -0.1) is 0 Å². The quantitative estimate of drug-likeness (QED) is 0.455. The van der Waals surface area contributed by atoms with Crippen molar-refractivity contribution in [2.45, 2.75) is 84.7 Å². The van der Waals surface area contributed by atoms with Gasteiger partial charge in [0, 0.05) is 0 Å². The van der Waals surface area contributed by atoms with Crippen molar-refractivity contribution < 1.29 is 14.6 Å². The maximum atomic E-state index is 12.0. The van der Waals surface area contributed by atoms with Gasteiger partial charge in [0.1, 0.15) is 0 Å². The first-order chi connectivity index (χ1) is 8.99. The van der Waals surface area contributed by atoms with E-state index < -0.39 is 5.60 Å². The van der Waals surface area contributed by atoms with Gasteiger partial charge >= 0.3 is 5.97 Å². The molecule has 0 fully saturated rings. The molecule has 0 aliphatic carbocycles. The molecule has 19 heavy (non-hydrogen) atoms. The van der Waals surface area contributed by atoms with Crippen molar-refractivity contribution >= 4 is 5.97 Å². The second-order valence-electron chi connectivity index (χ2n) is 5.61. The third-order valence-corrected chi connectivity index (χ3v) is 3.70. The highest BCUT2D eigenvalue weighted by molar-refractivity contribution is 5.73. The molecule has 0 amide bonds. The largest absolute Gasteiger partial charge is 0.466 e. The molecule has 0 rings (SSSR count). The Hall–Kier alpha value is -0.570. The second kappa shape index (κ2) is 10.2. The lowest BCUT2D eigenvalue weighted by Gasteiger charge is -2.31. The Bertz CT molecular complexity index is 236.